The maximum atomic E-state index is 13.9. The summed E-state index contributed by atoms with van der Waals surface area (Å²) in [7, 11) is 0. The molecule has 0 aliphatic heterocycles. The molecular formula is C33H43Cl2NO4. The summed E-state index contributed by atoms with van der Waals surface area (Å²) in [5, 5.41) is 3.93. The zero-order chi connectivity index (χ0) is 29.4. The lowest BCUT2D eigenvalue weighted by atomic mass is 9.75. The summed E-state index contributed by atoms with van der Waals surface area (Å²) in [6.07, 6.45) is 4.82. The van der Waals surface area contributed by atoms with Crippen LogP contribution in [-0.4, -0.2) is 29.8 Å². The molecule has 0 bridgehead atoms. The molecule has 1 aliphatic carbocycles. The summed E-state index contributed by atoms with van der Waals surface area (Å²) in [6.45, 7) is 12.0. The molecule has 1 saturated carbocycles. The molecule has 0 spiro atoms. The van der Waals surface area contributed by atoms with Gasteiger partial charge in [-0.1, -0.05) is 86.8 Å². The van der Waals surface area contributed by atoms with Gasteiger partial charge in [-0.15, -0.1) is 0 Å². The molecule has 2 aromatic rings. The van der Waals surface area contributed by atoms with E-state index in [-0.39, 0.29) is 18.5 Å². The minimum Gasteiger partial charge on any atom is -0.459 e. The number of alkyl carbamates (subject to hydrolysis) is 1. The van der Waals surface area contributed by atoms with Crippen molar-refractivity contribution >= 4 is 41.3 Å². The molecule has 0 radical (unpaired) electrons. The maximum Gasteiger partial charge on any atom is 0.407 e. The first-order valence-corrected chi connectivity index (χ1v) is 15.0. The SMILES string of the molecule is CC(C)[C@H]1CC[C@@H](C)C[C@H]1OC(=O)/C(=C/c1ccc(Cl)cc1Cl)CC(Cc1ccccc1)NC(=O)OC(C)(C)C. The van der Waals surface area contributed by atoms with Crippen molar-refractivity contribution in [3.63, 3.8) is 0 Å². The largest absolute Gasteiger partial charge is 0.459 e. The summed E-state index contributed by atoms with van der Waals surface area (Å²) in [5.74, 6) is 0.814. The average Bonchev–Trinajstić information content (AvgIpc) is 2.84. The van der Waals surface area contributed by atoms with Crippen molar-refractivity contribution < 1.29 is 19.1 Å². The van der Waals surface area contributed by atoms with Crippen LogP contribution < -0.4 is 5.32 Å². The predicted molar refractivity (Wildman–Crippen MR) is 164 cm³/mol. The van der Waals surface area contributed by atoms with Crippen LogP contribution in [0.25, 0.3) is 6.08 Å². The van der Waals surface area contributed by atoms with E-state index in [0.717, 1.165) is 24.8 Å². The van der Waals surface area contributed by atoms with Crippen LogP contribution in [0.2, 0.25) is 10.0 Å². The number of hydrogen-bond donors (Lipinski definition) is 1. The van der Waals surface area contributed by atoms with E-state index in [0.29, 0.717) is 45.4 Å². The van der Waals surface area contributed by atoms with Gasteiger partial charge in [0, 0.05) is 28.1 Å². The summed E-state index contributed by atoms with van der Waals surface area (Å²) >= 11 is 12.6. The van der Waals surface area contributed by atoms with Crippen LogP contribution in [0.5, 0.6) is 0 Å². The second kappa shape index (κ2) is 14.4. The minimum absolute atomic E-state index is 0.160. The normalized spacial score (nSPS) is 20.6. The highest BCUT2D eigenvalue weighted by Crippen LogP contribution is 2.36. The zero-order valence-corrected chi connectivity index (χ0v) is 26.0. The lowest BCUT2D eigenvalue weighted by molar-refractivity contribution is -0.151. The molecule has 0 aromatic heterocycles. The fraction of sp³-hybridized carbons (Fsp3) is 0.515. The molecule has 2 aromatic carbocycles. The molecule has 218 valence electrons. The Kier molecular flexibility index (Phi) is 11.5. The lowest BCUT2D eigenvalue weighted by Gasteiger charge is -2.37. The summed E-state index contributed by atoms with van der Waals surface area (Å²) in [6, 6.07) is 14.6. The maximum absolute atomic E-state index is 13.9. The van der Waals surface area contributed by atoms with Crippen LogP contribution in [0.15, 0.2) is 54.1 Å². The fourth-order valence-corrected chi connectivity index (χ4v) is 5.75. The Balaban J connectivity index is 1.95. The van der Waals surface area contributed by atoms with Crippen molar-refractivity contribution in [3.8, 4) is 0 Å². The molecule has 5 nitrogen and oxygen atoms in total. The second-order valence-electron chi connectivity index (χ2n) is 12.3. The number of amides is 1. The standard InChI is InChI=1S/C33H43Cl2NO4/c1-21(2)28-15-12-22(3)16-30(28)39-31(37)25(18-24-13-14-26(34)20-29(24)35)19-27(17-23-10-8-7-9-11-23)36-32(38)40-33(4,5)6/h7-11,13-14,18,20-22,27-28,30H,12,15-17,19H2,1-6H3,(H,36,38)/b25-18+/t22-,27?,28-,30-/m1/s1. The Hall–Kier alpha value is -2.50. The van der Waals surface area contributed by atoms with E-state index in [1.807, 2.05) is 51.1 Å². The van der Waals surface area contributed by atoms with E-state index in [1.165, 1.54) is 0 Å². The molecule has 40 heavy (non-hydrogen) atoms. The molecule has 4 atom stereocenters. The number of nitrogens with one attached hydrogen (secondary N) is 1. The molecule has 0 saturated heterocycles. The second-order valence-corrected chi connectivity index (χ2v) is 13.2. The van der Waals surface area contributed by atoms with E-state index in [2.05, 4.69) is 26.1 Å². The number of carbonyl (C=O) groups excluding carboxylic acids is 2. The van der Waals surface area contributed by atoms with Crippen molar-refractivity contribution in [3.05, 3.63) is 75.3 Å². The number of hydrogen-bond acceptors (Lipinski definition) is 4. The van der Waals surface area contributed by atoms with Crippen LogP contribution in [-0.2, 0) is 20.7 Å². The first kappa shape index (κ1) is 32.0. The van der Waals surface area contributed by atoms with Crippen molar-refractivity contribution in [1.82, 2.24) is 5.32 Å². The van der Waals surface area contributed by atoms with Crippen LogP contribution in [0.4, 0.5) is 4.79 Å². The van der Waals surface area contributed by atoms with Gasteiger partial charge in [0.25, 0.3) is 0 Å². The number of halogens is 2. The highest BCUT2D eigenvalue weighted by atomic mass is 35.5. The van der Waals surface area contributed by atoms with Crippen molar-refractivity contribution in [2.75, 3.05) is 0 Å². The number of carbonyl (C=O) groups is 2. The molecule has 1 N–H and O–H groups in total. The Labute approximate surface area is 249 Å². The molecule has 7 heteroatoms. The predicted octanol–water partition coefficient (Wildman–Crippen LogP) is 8.91. The van der Waals surface area contributed by atoms with Gasteiger partial charge in [0.05, 0.1) is 0 Å². The van der Waals surface area contributed by atoms with Crippen LogP contribution in [0.3, 0.4) is 0 Å². The van der Waals surface area contributed by atoms with Gasteiger partial charge in [0.1, 0.15) is 11.7 Å². The number of esters is 1. The Bertz CT molecular complexity index is 1170. The summed E-state index contributed by atoms with van der Waals surface area (Å²) in [5.41, 5.74) is 1.47. The summed E-state index contributed by atoms with van der Waals surface area (Å²) < 4.78 is 11.8. The van der Waals surface area contributed by atoms with Crippen molar-refractivity contribution in [1.29, 1.82) is 0 Å². The van der Waals surface area contributed by atoms with E-state index >= 15 is 0 Å². The molecule has 1 fully saturated rings. The first-order valence-electron chi connectivity index (χ1n) is 14.2. The molecule has 3 rings (SSSR count). The van der Waals surface area contributed by atoms with Gasteiger partial charge in [0.2, 0.25) is 0 Å². The number of ether oxygens (including phenoxy) is 2. The average molecular weight is 589 g/mol. The zero-order valence-electron chi connectivity index (χ0n) is 24.5. The molecular weight excluding hydrogens is 545 g/mol. The highest BCUT2D eigenvalue weighted by molar-refractivity contribution is 6.35. The summed E-state index contributed by atoms with van der Waals surface area (Å²) in [4.78, 5) is 26.7. The third kappa shape index (κ3) is 10.2. The molecule has 0 heterocycles. The van der Waals surface area contributed by atoms with Crippen molar-refractivity contribution in [2.45, 2.75) is 91.4 Å². The Morgan fingerprint density at radius 3 is 2.40 bits per heavy atom. The molecule has 1 amide bonds. The van der Waals surface area contributed by atoms with Gasteiger partial charge in [-0.05, 0) is 87.1 Å². The highest BCUT2D eigenvalue weighted by Gasteiger charge is 2.34. The van der Waals surface area contributed by atoms with Crippen molar-refractivity contribution in [2.24, 2.45) is 17.8 Å². The van der Waals surface area contributed by atoms with Crippen LogP contribution >= 0.6 is 23.2 Å². The van der Waals surface area contributed by atoms with E-state index in [1.54, 1.807) is 24.3 Å². The third-order valence-corrected chi connectivity index (χ3v) is 7.85. The van der Waals surface area contributed by atoms with Gasteiger partial charge in [0.15, 0.2) is 0 Å². The number of rotatable bonds is 9. The van der Waals surface area contributed by atoms with E-state index < -0.39 is 17.7 Å². The van der Waals surface area contributed by atoms with Crippen LogP contribution in [0.1, 0.15) is 78.4 Å². The lowest BCUT2D eigenvalue weighted by Crippen LogP contribution is -2.41. The Morgan fingerprint density at radius 1 is 1.07 bits per heavy atom. The molecule has 1 aliphatic rings. The van der Waals surface area contributed by atoms with Gasteiger partial charge >= 0.3 is 12.1 Å². The molecule has 1 unspecified atom stereocenters. The van der Waals surface area contributed by atoms with Gasteiger partial charge in [-0.3, -0.25) is 0 Å². The first-order chi connectivity index (χ1) is 18.8. The fourth-order valence-electron chi connectivity index (χ4n) is 5.28. The van der Waals surface area contributed by atoms with E-state index in [9.17, 15) is 9.59 Å². The van der Waals surface area contributed by atoms with Gasteiger partial charge < -0.3 is 14.8 Å². The van der Waals surface area contributed by atoms with Crippen LogP contribution in [0, 0.1) is 17.8 Å². The third-order valence-electron chi connectivity index (χ3n) is 7.29. The smallest absolute Gasteiger partial charge is 0.407 e. The monoisotopic (exact) mass is 587 g/mol. The van der Waals surface area contributed by atoms with Gasteiger partial charge in [-0.25, -0.2) is 9.59 Å². The topological polar surface area (TPSA) is 64.6 Å². The van der Waals surface area contributed by atoms with E-state index in [4.69, 9.17) is 32.7 Å². The number of benzene rings is 2. The Morgan fingerprint density at radius 2 is 1.77 bits per heavy atom. The minimum atomic E-state index is -0.653. The van der Waals surface area contributed by atoms with Gasteiger partial charge in [-0.2, -0.15) is 0 Å². The quantitative estimate of drug-likeness (QED) is 0.235.